The Bertz CT molecular complexity index is 726. The molecule has 1 amide bonds. The Morgan fingerprint density at radius 1 is 1.36 bits per heavy atom. The molecule has 0 atom stereocenters. The number of carbonyl (C=O) groups excluding carboxylic acids is 1. The lowest BCUT2D eigenvalue weighted by Gasteiger charge is -2.06. The molecule has 0 aliphatic carbocycles. The van der Waals surface area contributed by atoms with E-state index in [4.69, 9.17) is 11.6 Å². The minimum Gasteiger partial charge on any atom is -0.618 e. The molecule has 0 saturated heterocycles. The Balaban J connectivity index is 1.99. The van der Waals surface area contributed by atoms with Gasteiger partial charge in [0.1, 0.15) is 5.02 Å². The number of rotatable bonds is 5. The number of halogens is 1. The molecule has 2 rings (SSSR count). The van der Waals surface area contributed by atoms with Crippen molar-refractivity contribution in [3.8, 4) is 0 Å². The first-order valence-electron chi connectivity index (χ1n) is 6.02. The molecule has 0 spiro atoms. The number of benzene rings is 1. The zero-order valence-electron chi connectivity index (χ0n) is 11.1. The zero-order chi connectivity index (χ0) is 16.1. The zero-order valence-corrected chi connectivity index (χ0v) is 12.6. The number of hydrogen-bond donors (Lipinski definition) is 1. The number of nitro groups is 1. The van der Waals surface area contributed by atoms with Gasteiger partial charge in [0.05, 0.1) is 10.7 Å². The Labute approximate surface area is 134 Å². The second-order valence-corrected chi connectivity index (χ2v) is 5.53. The molecular formula is C13H10ClN3O4S. The maximum atomic E-state index is 11.8. The molecule has 0 aliphatic heterocycles. The van der Waals surface area contributed by atoms with Gasteiger partial charge in [0.25, 0.3) is 10.7 Å². The van der Waals surface area contributed by atoms with Crippen LogP contribution in [-0.4, -0.2) is 16.6 Å². The van der Waals surface area contributed by atoms with Gasteiger partial charge in [-0.25, -0.2) is 0 Å². The average Bonchev–Trinajstić information content (AvgIpc) is 2.48. The van der Waals surface area contributed by atoms with E-state index in [1.165, 1.54) is 24.4 Å². The summed E-state index contributed by atoms with van der Waals surface area (Å²) < 4.78 is 0.658. The van der Waals surface area contributed by atoms with Gasteiger partial charge in [0, 0.05) is 23.9 Å². The number of hydrogen-bond acceptors (Lipinski definition) is 5. The number of aromatic nitrogens is 1. The van der Waals surface area contributed by atoms with Gasteiger partial charge in [0.15, 0.2) is 6.20 Å². The third-order valence-corrected chi connectivity index (χ3v) is 3.90. The standard InChI is InChI=1S/C13H10ClN3O4S/c14-10-5-4-9(7-11(10)17(20)21)15-12(18)8-22-13-3-1-2-6-16(13)19/h1-7H,8H2,(H,15,18). The summed E-state index contributed by atoms with van der Waals surface area (Å²) >= 11 is 6.76. The minimum absolute atomic E-state index is 0.00266. The van der Waals surface area contributed by atoms with E-state index in [0.29, 0.717) is 9.76 Å². The molecule has 1 heterocycles. The molecule has 1 N–H and O–H groups in total. The van der Waals surface area contributed by atoms with Crippen molar-refractivity contribution in [3.63, 3.8) is 0 Å². The monoisotopic (exact) mass is 339 g/mol. The summed E-state index contributed by atoms with van der Waals surface area (Å²) in [6, 6.07) is 8.86. The van der Waals surface area contributed by atoms with Crippen LogP contribution in [0.25, 0.3) is 0 Å². The predicted octanol–water partition coefficient (Wildman–Crippen LogP) is 2.61. The van der Waals surface area contributed by atoms with Crippen molar-refractivity contribution in [2.75, 3.05) is 11.1 Å². The van der Waals surface area contributed by atoms with Gasteiger partial charge in [-0.15, -0.1) is 0 Å². The van der Waals surface area contributed by atoms with Crippen molar-refractivity contribution in [1.29, 1.82) is 0 Å². The number of nitrogens with one attached hydrogen (secondary N) is 1. The molecule has 1 aromatic heterocycles. The topological polar surface area (TPSA) is 99.2 Å². The van der Waals surface area contributed by atoms with Gasteiger partial charge in [-0.3, -0.25) is 14.9 Å². The molecule has 0 bridgehead atoms. The predicted molar refractivity (Wildman–Crippen MR) is 82.9 cm³/mol. The van der Waals surface area contributed by atoms with Crippen molar-refractivity contribution in [1.82, 2.24) is 0 Å². The molecule has 9 heteroatoms. The fraction of sp³-hybridized carbons (Fsp3) is 0.0769. The van der Waals surface area contributed by atoms with E-state index in [-0.39, 0.29) is 28.1 Å². The number of pyridine rings is 1. The van der Waals surface area contributed by atoms with Gasteiger partial charge in [-0.1, -0.05) is 11.6 Å². The highest BCUT2D eigenvalue weighted by Crippen LogP contribution is 2.27. The molecule has 0 fully saturated rings. The van der Waals surface area contributed by atoms with Gasteiger partial charge in [-0.2, -0.15) is 4.73 Å². The highest BCUT2D eigenvalue weighted by atomic mass is 35.5. The van der Waals surface area contributed by atoms with Crippen LogP contribution >= 0.6 is 23.4 Å². The van der Waals surface area contributed by atoms with E-state index < -0.39 is 4.92 Å². The molecule has 0 unspecified atom stereocenters. The first-order valence-corrected chi connectivity index (χ1v) is 7.38. The van der Waals surface area contributed by atoms with Crippen LogP contribution in [-0.2, 0) is 4.79 Å². The normalized spacial score (nSPS) is 10.2. The smallest absolute Gasteiger partial charge is 0.289 e. The van der Waals surface area contributed by atoms with Crippen LogP contribution in [0.1, 0.15) is 0 Å². The molecular weight excluding hydrogens is 330 g/mol. The SMILES string of the molecule is O=C(CSc1cccc[n+]1[O-])Nc1ccc(Cl)c([N+](=O)[O-])c1. The lowest BCUT2D eigenvalue weighted by atomic mass is 10.3. The van der Waals surface area contributed by atoms with E-state index in [2.05, 4.69) is 5.32 Å². The summed E-state index contributed by atoms with van der Waals surface area (Å²) in [5, 5.41) is 25.1. The average molecular weight is 340 g/mol. The highest BCUT2D eigenvalue weighted by molar-refractivity contribution is 7.99. The van der Waals surface area contributed by atoms with Crippen LogP contribution in [0.3, 0.4) is 0 Å². The van der Waals surface area contributed by atoms with Crippen molar-refractivity contribution < 1.29 is 14.4 Å². The van der Waals surface area contributed by atoms with Crippen molar-refractivity contribution in [2.45, 2.75) is 5.03 Å². The summed E-state index contributed by atoms with van der Waals surface area (Å²) in [6.45, 7) is 0. The largest absolute Gasteiger partial charge is 0.618 e. The molecule has 0 aliphatic rings. The van der Waals surface area contributed by atoms with Crippen LogP contribution in [0, 0.1) is 15.3 Å². The second kappa shape index (κ2) is 7.10. The molecule has 114 valence electrons. The first-order chi connectivity index (χ1) is 10.5. The van der Waals surface area contributed by atoms with Crippen LogP contribution < -0.4 is 10.0 Å². The summed E-state index contributed by atoms with van der Waals surface area (Å²) in [5.41, 5.74) is -0.0164. The molecule has 7 nitrogen and oxygen atoms in total. The van der Waals surface area contributed by atoms with Gasteiger partial charge < -0.3 is 10.5 Å². The Kier molecular flexibility index (Phi) is 5.18. The Hall–Kier alpha value is -2.32. The van der Waals surface area contributed by atoms with Crippen LogP contribution in [0.2, 0.25) is 5.02 Å². The van der Waals surface area contributed by atoms with Crippen molar-refractivity contribution >= 4 is 40.6 Å². The highest BCUT2D eigenvalue weighted by Gasteiger charge is 2.14. The molecule has 0 radical (unpaired) electrons. The third kappa shape index (κ3) is 4.09. The maximum absolute atomic E-state index is 11.8. The van der Waals surface area contributed by atoms with Gasteiger partial charge in [-0.05, 0) is 30.0 Å². The maximum Gasteiger partial charge on any atom is 0.289 e. The molecule has 2 aromatic rings. The van der Waals surface area contributed by atoms with Crippen LogP contribution in [0.5, 0.6) is 0 Å². The van der Waals surface area contributed by atoms with E-state index in [1.54, 1.807) is 18.2 Å². The number of nitrogens with zero attached hydrogens (tertiary/aromatic N) is 2. The van der Waals surface area contributed by atoms with Crippen molar-refractivity contribution in [2.24, 2.45) is 0 Å². The minimum atomic E-state index is -0.628. The summed E-state index contributed by atoms with van der Waals surface area (Å²) in [4.78, 5) is 22.0. The summed E-state index contributed by atoms with van der Waals surface area (Å²) in [7, 11) is 0. The van der Waals surface area contributed by atoms with E-state index in [1.807, 2.05) is 0 Å². The number of amides is 1. The summed E-state index contributed by atoms with van der Waals surface area (Å²) in [5.74, 6) is -0.381. The fourth-order valence-corrected chi connectivity index (χ4v) is 2.49. The molecule has 1 aromatic carbocycles. The van der Waals surface area contributed by atoms with Crippen molar-refractivity contribution in [3.05, 3.63) is 62.9 Å². The molecule has 22 heavy (non-hydrogen) atoms. The van der Waals surface area contributed by atoms with E-state index in [0.717, 1.165) is 11.8 Å². The third-order valence-electron chi connectivity index (χ3n) is 2.57. The van der Waals surface area contributed by atoms with Gasteiger partial charge in [0.2, 0.25) is 5.91 Å². The van der Waals surface area contributed by atoms with Crippen LogP contribution in [0.15, 0.2) is 47.6 Å². The number of thioether (sulfide) groups is 1. The summed E-state index contributed by atoms with van der Waals surface area (Å²) in [6.07, 6.45) is 1.34. The first kappa shape index (κ1) is 16.1. The quantitative estimate of drug-likeness (QED) is 0.297. The number of carbonyl (C=O) groups is 1. The van der Waals surface area contributed by atoms with Gasteiger partial charge >= 0.3 is 0 Å². The Morgan fingerprint density at radius 3 is 2.82 bits per heavy atom. The molecule has 0 saturated carbocycles. The lowest BCUT2D eigenvalue weighted by molar-refractivity contribution is -0.645. The fourth-order valence-electron chi connectivity index (χ4n) is 1.59. The van der Waals surface area contributed by atoms with E-state index >= 15 is 0 Å². The van der Waals surface area contributed by atoms with E-state index in [9.17, 15) is 20.1 Å². The Morgan fingerprint density at radius 2 is 2.14 bits per heavy atom. The number of nitro benzene ring substituents is 1. The second-order valence-electron chi connectivity index (χ2n) is 4.12. The van der Waals surface area contributed by atoms with Crippen LogP contribution in [0.4, 0.5) is 11.4 Å². The number of anilines is 1. The lowest BCUT2D eigenvalue weighted by Crippen LogP contribution is -2.28.